The first-order valence-corrected chi connectivity index (χ1v) is 8.33. The van der Waals surface area contributed by atoms with Crippen LogP contribution in [0.1, 0.15) is 49.2 Å². The maximum absolute atomic E-state index is 11.4. The highest BCUT2D eigenvalue weighted by Crippen LogP contribution is 2.33. The van der Waals surface area contributed by atoms with E-state index in [1.165, 1.54) is 0 Å². The van der Waals surface area contributed by atoms with Gasteiger partial charge in [-0.1, -0.05) is 0 Å². The Labute approximate surface area is 107 Å². The van der Waals surface area contributed by atoms with E-state index in [1.807, 2.05) is 0 Å². The standard InChI is InChI=1S/C12H18N2O3S/c15-11-2-1-5-14-10(11)8-13-12(14)9-3-6-18(16,17)7-4-9/h8-9,11,15H,1-7H2. The molecule has 6 heteroatoms. The van der Waals surface area contributed by atoms with Gasteiger partial charge in [-0.2, -0.15) is 0 Å². The number of aliphatic hydroxyl groups is 1. The number of rotatable bonds is 1. The molecule has 0 bridgehead atoms. The molecule has 2 aliphatic rings. The number of fused-ring (bicyclic) bond motifs is 1. The Bertz CT molecular complexity index is 536. The summed E-state index contributed by atoms with van der Waals surface area (Å²) in [6.07, 6.45) is 4.42. The molecule has 1 unspecified atom stereocenters. The predicted molar refractivity (Wildman–Crippen MR) is 67.0 cm³/mol. The number of imidazole rings is 1. The first-order chi connectivity index (χ1) is 8.57. The lowest BCUT2D eigenvalue weighted by molar-refractivity contribution is 0.138. The van der Waals surface area contributed by atoms with Gasteiger partial charge in [-0.05, 0) is 25.7 Å². The lowest BCUT2D eigenvalue weighted by Gasteiger charge is -2.26. The first-order valence-electron chi connectivity index (χ1n) is 6.50. The van der Waals surface area contributed by atoms with Crippen molar-refractivity contribution in [1.29, 1.82) is 0 Å². The topological polar surface area (TPSA) is 72.2 Å². The molecule has 3 rings (SSSR count). The average Bonchev–Trinajstić information content (AvgIpc) is 2.74. The minimum atomic E-state index is -2.83. The minimum absolute atomic E-state index is 0.229. The molecule has 0 amide bonds. The molecule has 1 atom stereocenters. The molecule has 1 aromatic heterocycles. The molecule has 1 aromatic rings. The molecule has 18 heavy (non-hydrogen) atoms. The third-order valence-corrected chi connectivity index (χ3v) is 5.75. The molecule has 1 fully saturated rings. The summed E-state index contributed by atoms with van der Waals surface area (Å²) < 4.78 is 25.0. The van der Waals surface area contributed by atoms with Gasteiger partial charge in [0.1, 0.15) is 15.7 Å². The molecule has 5 nitrogen and oxygen atoms in total. The zero-order valence-corrected chi connectivity index (χ0v) is 11.1. The Morgan fingerprint density at radius 3 is 2.72 bits per heavy atom. The summed E-state index contributed by atoms with van der Waals surface area (Å²) in [4.78, 5) is 4.43. The molecular formula is C12H18N2O3S. The van der Waals surface area contributed by atoms with Crippen molar-refractivity contribution >= 4 is 9.84 Å². The highest BCUT2D eigenvalue weighted by molar-refractivity contribution is 7.91. The van der Waals surface area contributed by atoms with E-state index in [0.29, 0.717) is 12.8 Å². The van der Waals surface area contributed by atoms with Gasteiger partial charge >= 0.3 is 0 Å². The fourth-order valence-corrected chi connectivity index (χ4v) is 4.47. The Hall–Kier alpha value is -0.880. The van der Waals surface area contributed by atoms with E-state index in [1.54, 1.807) is 6.20 Å². The summed E-state index contributed by atoms with van der Waals surface area (Å²) in [7, 11) is -2.83. The van der Waals surface area contributed by atoms with Crippen molar-refractivity contribution in [1.82, 2.24) is 9.55 Å². The van der Waals surface area contributed by atoms with E-state index >= 15 is 0 Å². The Kier molecular flexibility index (Phi) is 2.94. The van der Waals surface area contributed by atoms with Gasteiger partial charge in [-0.15, -0.1) is 0 Å². The van der Waals surface area contributed by atoms with E-state index in [0.717, 1.165) is 30.9 Å². The Balaban J connectivity index is 1.86. The van der Waals surface area contributed by atoms with Crippen LogP contribution in [0.2, 0.25) is 0 Å². The van der Waals surface area contributed by atoms with Crippen molar-refractivity contribution in [3.8, 4) is 0 Å². The lowest BCUT2D eigenvalue weighted by Crippen LogP contribution is -2.25. The van der Waals surface area contributed by atoms with Crippen LogP contribution in [-0.4, -0.2) is 34.6 Å². The zero-order chi connectivity index (χ0) is 12.8. The van der Waals surface area contributed by atoms with Crippen molar-refractivity contribution in [2.24, 2.45) is 0 Å². The summed E-state index contributed by atoms with van der Waals surface area (Å²) in [5, 5.41) is 9.90. The van der Waals surface area contributed by atoms with Gasteiger partial charge in [0.15, 0.2) is 0 Å². The number of aliphatic hydroxyl groups excluding tert-OH is 1. The lowest BCUT2D eigenvalue weighted by atomic mass is 10.0. The van der Waals surface area contributed by atoms with E-state index in [9.17, 15) is 13.5 Å². The van der Waals surface area contributed by atoms with Gasteiger partial charge in [-0.3, -0.25) is 0 Å². The van der Waals surface area contributed by atoms with Crippen LogP contribution in [0.4, 0.5) is 0 Å². The fourth-order valence-electron chi connectivity index (χ4n) is 2.98. The van der Waals surface area contributed by atoms with Gasteiger partial charge in [0, 0.05) is 12.5 Å². The number of nitrogens with zero attached hydrogens (tertiary/aromatic N) is 2. The van der Waals surface area contributed by atoms with E-state index in [4.69, 9.17) is 0 Å². The largest absolute Gasteiger partial charge is 0.387 e. The summed E-state index contributed by atoms with van der Waals surface area (Å²) in [5.41, 5.74) is 0.893. The van der Waals surface area contributed by atoms with E-state index in [2.05, 4.69) is 9.55 Å². The Morgan fingerprint density at radius 2 is 2.00 bits per heavy atom. The third-order valence-electron chi connectivity index (χ3n) is 4.04. The summed E-state index contributed by atoms with van der Waals surface area (Å²) >= 11 is 0. The second-order valence-electron chi connectivity index (χ2n) is 5.28. The van der Waals surface area contributed by atoms with Crippen molar-refractivity contribution in [3.05, 3.63) is 17.7 Å². The Morgan fingerprint density at radius 1 is 1.28 bits per heavy atom. The van der Waals surface area contributed by atoms with Crippen LogP contribution in [0.25, 0.3) is 0 Å². The zero-order valence-electron chi connectivity index (χ0n) is 10.2. The van der Waals surface area contributed by atoms with E-state index in [-0.39, 0.29) is 17.4 Å². The molecule has 0 spiro atoms. The molecule has 3 heterocycles. The molecule has 1 saturated heterocycles. The predicted octanol–water partition coefficient (Wildman–Crippen LogP) is 1.00. The highest BCUT2D eigenvalue weighted by Gasteiger charge is 2.30. The molecule has 100 valence electrons. The molecule has 0 radical (unpaired) electrons. The molecule has 0 aliphatic carbocycles. The van der Waals surface area contributed by atoms with Crippen molar-refractivity contribution < 1.29 is 13.5 Å². The van der Waals surface area contributed by atoms with Crippen LogP contribution in [-0.2, 0) is 16.4 Å². The van der Waals surface area contributed by atoms with Crippen molar-refractivity contribution in [2.45, 2.75) is 44.2 Å². The SMILES string of the molecule is O=S1(=O)CCC(c2ncc3n2CCCC3O)CC1. The number of hydrogen-bond acceptors (Lipinski definition) is 4. The van der Waals surface area contributed by atoms with Gasteiger partial charge in [0.05, 0.1) is 29.5 Å². The summed E-state index contributed by atoms with van der Waals surface area (Å²) in [5.74, 6) is 1.73. The van der Waals surface area contributed by atoms with E-state index < -0.39 is 15.9 Å². The van der Waals surface area contributed by atoms with Gasteiger partial charge in [0.2, 0.25) is 0 Å². The third kappa shape index (κ3) is 2.07. The van der Waals surface area contributed by atoms with Crippen LogP contribution in [0.5, 0.6) is 0 Å². The number of hydrogen-bond donors (Lipinski definition) is 1. The quantitative estimate of drug-likeness (QED) is 0.826. The average molecular weight is 270 g/mol. The maximum atomic E-state index is 11.4. The minimum Gasteiger partial charge on any atom is -0.387 e. The van der Waals surface area contributed by atoms with Gasteiger partial charge in [-0.25, -0.2) is 13.4 Å². The first kappa shape index (κ1) is 12.2. The monoisotopic (exact) mass is 270 g/mol. The van der Waals surface area contributed by atoms with Gasteiger partial charge in [0.25, 0.3) is 0 Å². The van der Waals surface area contributed by atoms with Crippen LogP contribution in [0.15, 0.2) is 6.20 Å². The summed E-state index contributed by atoms with van der Waals surface area (Å²) in [6.45, 7) is 0.894. The normalized spacial score (nSPS) is 27.9. The second-order valence-corrected chi connectivity index (χ2v) is 7.58. The fraction of sp³-hybridized carbons (Fsp3) is 0.750. The molecule has 1 N–H and O–H groups in total. The van der Waals surface area contributed by atoms with Crippen molar-refractivity contribution in [2.75, 3.05) is 11.5 Å². The molecule has 0 saturated carbocycles. The van der Waals surface area contributed by atoms with Crippen LogP contribution < -0.4 is 0 Å². The molecular weight excluding hydrogens is 252 g/mol. The maximum Gasteiger partial charge on any atom is 0.150 e. The van der Waals surface area contributed by atoms with Crippen LogP contribution >= 0.6 is 0 Å². The molecule has 2 aliphatic heterocycles. The smallest absolute Gasteiger partial charge is 0.150 e. The number of sulfone groups is 1. The van der Waals surface area contributed by atoms with Crippen LogP contribution in [0, 0.1) is 0 Å². The summed E-state index contributed by atoms with van der Waals surface area (Å²) in [6, 6.07) is 0. The molecule has 0 aromatic carbocycles. The van der Waals surface area contributed by atoms with Crippen molar-refractivity contribution in [3.63, 3.8) is 0 Å². The second kappa shape index (κ2) is 4.35. The van der Waals surface area contributed by atoms with Crippen LogP contribution in [0.3, 0.4) is 0 Å². The number of aromatic nitrogens is 2. The highest BCUT2D eigenvalue weighted by atomic mass is 32.2. The van der Waals surface area contributed by atoms with Gasteiger partial charge < -0.3 is 9.67 Å².